The van der Waals surface area contributed by atoms with Gasteiger partial charge in [0.05, 0.1) is 17.1 Å². The van der Waals surface area contributed by atoms with Gasteiger partial charge in [-0.2, -0.15) is 4.31 Å². The highest BCUT2D eigenvalue weighted by Gasteiger charge is 2.35. The number of nitrogens with zero attached hydrogens (tertiary/aromatic N) is 1. The number of fused-ring (bicyclic) bond motifs is 1. The first kappa shape index (κ1) is 18.3. The summed E-state index contributed by atoms with van der Waals surface area (Å²) in [4.78, 5) is 0.212. The van der Waals surface area contributed by atoms with Crippen molar-refractivity contribution in [2.75, 3.05) is 26.3 Å². The number of ether oxygens (including phenoxy) is 3. The lowest BCUT2D eigenvalue weighted by Crippen LogP contribution is -2.45. The third-order valence-electron chi connectivity index (χ3n) is 4.83. The fourth-order valence-electron chi connectivity index (χ4n) is 3.41. The molecule has 144 valence electrons. The van der Waals surface area contributed by atoms with Gasteiger partial charge in [0.2, 0.25) is 10.0 Å². The predicted octanol–water partition coefficient (Wildman–Crippen LogP) is 2.92. The lowest BCUT2D eigenvalue weighted by atomic mass is 10.1. The third kappa shape index (κ3) is 3.67. The second kappa shape index (κ2) is 7.14. The van der Waals surface area contributed by atoms with Gasteiger partial charge >= 0.3 is 0 Å². The maximum atomic E-state index is 13.2. The van der Waals surface area contributed by atoms with Crippen LogP contribution in [0.2, 0.25) is 0 Å². The Labute approximate surface area is 159 Å². The Balaban J connectivity index is 1.61. The van der Waals surface area contributed by atoms with Crippen molar-refractivity contribution in [3.63, 3.8) is 0 Å². The number of aryl methyl sites for hydroxylation is 1. The van der Waals surface area contributed by atoms with Gasteiger partial charge in [-0.15, -0.1) is 0 Å². The Morgan fingerprint density at radius 2 is 1.67 bits per heavy atom. The van der Waals surface area contributed by atoms with Crippen LogP contribution < -0.4 is 9.47 Å². The van der Waals surface area contributed by atoms with Gasteiger partial charge in [-0.1, -0.05) is 29.8 Å². The van der Waals surface area contributed by atoms with E-state index in [9.17, 15) is 8.42 Å². The molecule has 7 heteroatoms. The van der Waals surface area contributed by atoms with Crippen LogP contribution in [-0.4, -0.2) is 45.1 Å². The topological polar surface area (TPSA) is 65.1 Å². The molecular formula is C20H23NO5S. The van der Waals surface area contributed by atoms with E-state index >= 15 is 0 Å². The number of rotatable bonds is 3. The van der Waals surface area contributed by atoms with E-state index in [1.807, 2.05) is 38.1 Å². The molecule has 0 spiro atoms. The van der Waals surface area contributed by atoms with Crippen LogP contribution >= 0.6 is 0 Å². The second-order valence-electron chi connectivity index (χ2n) is 6.97. The summed E-state index contributed by atoms with van der Waals surface area (Å²) in [6, 6.07) is 12.8. The van der Waals surface area contributed by atoms with Crippen LogP contribution in [0.5, 0.6) is 11.5 Å². The SMILES string of the molecule is Cc1ccc(C2CN(S(=O)(=O)c3ccc4c(c3)OCCO4)CC(C)O2)cc1. The first-order valence-corrected chi connectivity index (χ1v) is 10.5. The summed E-state index contributed by atoms with van der Waals surface area (Å²) in [7, 11) is -3.66. The van der Waals surface area contributed by atoms with Crippen molar-refractivity contribution in [2.45, 2.75) is 31.0 Å². The number of hydrogen-bond acceptors (Lipinski definition) is 5. The molecule has 6 nitrogen and oxygen atoms in total. The Morgan fingerprint density at radius 1 is 0.963 bits per heavy atom. The summed E-state index contributed by atoms with van der Waals surface area (Å²) in [5, 5.41) is 0. The molecule has 0 radical (unpaired) electrons. The average molecular weight is 389 g/mol. The molecule has 2 atom stereocenters. The van der Waals surface area contributed by atoms with Crippen molar-refractivity contribution >= 4 is 10.0 Å². The number of sulfonamides is 1. The van der Waals surface area contributed by atoms with Crippen molar-refractivity contribution < 1.29 is 22.6 Å². The molecule has 27 heavy (non-hydrogen) atoms. The zero-order valence-electron chi connectivity index (χ0n) is 15.4. The Hall–Kier alpha value is -2.09. The summed E-state index contributed by atoms with van der Waals surface area (Å²) in [5.74, 6) is 1.05. The molecule has 0 N–H and O–H groups in total. The van der Waals surface area contributed by atoms with E-state index in [-0.39, 0.29) is 23.6 Å². The van der Waals surface area contributed by atoms with E-state index in [4.69, 9.17) is 14.2 Å². The van der Waals surface area contributed by atoms with Crippen molar-refractivity contribution in [3.8, 4) is 11.5 Å². The first-order chi connectivity index (χ1) is 12.9. The smallest absolute Gasteiger partial charge is 0.243 e. The van der Waals surface area contributed by atoms with Gasteiger partial charge in [0.15, 0.2) is 11.5 Å². The summed E-state index contributed by atoms with van der Waals surface area (Å²) in [6.45, 7) is 5.40. The molecule has 0 aliphatic carbocycles. The Bertz CT molecular complexity index is 926. The van der Waals surface area contributed by atoms with E-state index in [0.717, 1.165) is 11.1 Å². The van der Waals surface area contributed by atoms with Crippen molar-refractivity contribution in [1.82, 2.24) is 4.31 Å². The second-order valence-corrected chi connectivity index (χ2v) is 8.91. The first-order valence-electron chi connectivity index (χ1n) is 9.05. The monoisotopic (exact) mass is 389 g/mol. The van der Waals surface area contributed by atoms with E-state index in [1.54, 1.807) is 18.2 Å². The van der Waals surface area contributed by atoms with Crippen molar-refractivity contribution in [3.05, 3.63) is 53.6 Å². The van der Waals surface area contributed by atoms with Gasteiger partial charge in [-0.05, 0) is 31.5 Å². The van der Waals surface area contributed by atoms with Crippen LogP contribution in [0.4, 0.5) is 0 Å². The molecule has 1 saturated heterocycles. The Kier molecular flexibility index (Phi) is 4.84. The molecule has 2 unspecified atom stereocenters. The number of hydrogen-bond donors (Lipinski definition) is 0. The minimum absolute atomic E-state index is 0.197. The maximum absolute atomic E-state index is 13.2. The summed E-state index contributed by atoms with van der Waals surface area (Å²) < 4.78 is 45.0. The standard InChI is InChI=1S/C20H23NO5S/c1-14-3-5-16(6-4-14)20-13-21(12-15(2)26-20)27(22,23)17-7-8-18-19(11-17)25-10-9-24-18/h3-8,11,15,20H,9-10,12-13H2,1-2H3. The quantitative estimate of drug-likeness (QED) is 0.808. The minimum atomic E-state index is -3.66. The van der Waals surface area contributed by atoms with Crippen molar-refractivity contribution in [2.24, 2.45) is 0 Å². The van der Waals surface area contributed by atoms with E-state index < -0.39 is 10.0 Å². The zero-order chi connectivity index (χ0) is 19.0. The molecule has 0 saturated carbocycles. The van der Waals surface area contributed by atoms with Gasteiger partial charge < -0.3 is 14.2 Å². The molecule has 2 aromatic rings. The van der Waals surface area contributed by atoms with E-state index in [2.05, 4.69) is 0 Å². The molecule has 0 bridgehead atoms. The van der Waals surface area contributed by atoms with Gasteiger partial charge in [0, 0.05) is 19.2 Å². The molecule has 0 aromatic heterocycles. The van der Waals surface area contributed by atoms with Gasteiger partial charge in [0.25, 0.3) is 0 Å². The highest BCUT2D eigenvalue weighted by Crippen LogP contribution is 2.35. The predicted molar refractivity (Wildman–Crippen MR) is 101 cm³/mol. The molecule has 4 rings (SSSR count). The van der Waals surface area contributed by atoms with Crippen LogP contribution in [0.15, 0.2) is 47.4 Å². The summed E-state index contributed by atoms with van der Waals surface area (Å²) >= 11 is 0. The van der Waals surface area contributed by atoms with Crippen LogP contribution in [0, 0.1) is 6.92 Å². The summed E-state index contributed by atoms with van der Waals surface area (Å²) in [5.41, 5.74) is 2.14. The normalized spacial score (nSPS) is 23.2. The molecular weight excluding hydrogens is 366 g/mol. The van der Waals surface area contributed by atoms with E-state index in [0.29, 0.717) is 31.3 Å². The highest BCUT2D eigenvalue weighted by molar-refractivity contribution is 7.89. The average Bonchev–Trinajstić information content (AvgIpc) is 2.67. The lowest BCUT2D eigenvalue weighted by Gasteiger charge is -2.36. The molecule has 1 fully saturated rings. The largest absolute Gasteiger partial charge is 0.486 e. The maximum Gasteiger partial charge on any atom is 0.243 e. The summed E-state index contributed by atoms with van der Waals surface area (Å²) in [6.07, 6.45) is -0.488. The number of morpholine rings is 1. The van der Waals surface area contributed by atoms with E-state index in [1.165, 1.54) is 4.31 Å². The minimum Gasteiger partial charge on any atom is -0.486 e. The van der Waals surface area contributed by atoms with Crippen LogP contribution in [0.1, 0.15) is 24.2 Å². The van der Waals surface area contributed by atoms with Crippen LogP contribution in [0.25, 0.3) is 0 Å². The molecule has 2 aromatic carbocycles. The van der Waals surface area contributed by atoms with Crippen LogP contribution in [0.3, 0.4) is 0 Å². The van der Waals surface area contributed by atoms with Crippen LogP contribution in [-0.2, 0) is 14.8 Å². The lowest BCUT2D eigenvalue weighted by molar-refractivity contribution is -0.0557. The number of benzene rings is 2. The van der Waals surface area contributed by atoms with Gasteiger partial charge in [0.1, 0.15) is 13.2 Å². The molecule has 0 amide bonds. The molecule has 2 heterocycles. The van der Waals surface area contributed by atoms with Gasteiger partial charge in [-0.25, -0.2) is 8.42 Å². The Morgan fingerprint density at radius 3 is 2.41 bits per heavy atom. The molecule has 2 aliphatic heterocycles. The highest BCUT2D eigenvalue weighted by atomic mass is 32.2. The fourth-order valence-corrected chi connectivity index (χ4v) is 4.94. The zero-order valence-corrected chi connectivity index (χ0v) is 16.2. The molecule has 2 aliphatic rings. The van der Waals surface area contributed by atoms with Gasteiger partial charge in [-0.3, -0.25) is 0 Å². The van der Waals surface area contributed by atoms with Crippen molar-refractivity contribution in [1.29, 1.82) is 0 Å². The fraction of sp³-hybridized carbons (Fsp3) is 0.400. The third-order valence-corrected chi connectivity index (χ3v) is 6.65.